The maximum atomic E-state index is 11.4. The number of amides is 1. The van der Waals surface area contributed by atoms with Gasteiger partial charge >= 0.3 is 0 Å². The lowest BCUT2D eigenvalue weighted by Crippen LogP contribution is -2.14. The van der Waals surface area contributed by atoms with E-state index in [2.05, 4.69) is 23.3 Å². The summed E-state index contributed by atoms with van der Waals surface area (Å²) in [4.78, 5) is 15.6. The van der Waals surface area contributed by atoms with Crippen molar-refractivity contribution >= 4 is 17.4 Å². The number of para-hydroxylation sites is 1. The van der Waals surface area contributed by atoms with E-state index < -0.39 is 5.91 Å². The Morgan fingerprint density at radius 3 is 2.79 bits per heavy atom. The van der Waals surface area contributed by atoms with Crippen molar-refractivity contribution in [2.45, 2.75) is 20.3 Å². The summed E-state index contributed by atoms with van der Waals surface area (Å²) >= 11 is 0. The minimum atomic E-state index is -0.484. The summed E-state index contributed by atoms with van der Waals surface area (Å²) in [6, 6.07) is 9.47. The molecule has 0 saturated carbocycles. The molecule has 0 bridgehead atoms. The molecule has 0 aliphatic rings. The van der Waals surface area contributed by atoms with Crippen LogP contribution >= 0.6 is 0 Å². The third kappa shape index (κ3) is 2.73. The second-order valence-electron chi connectivity index (χ2n) is 4.35. The highest BCUT2D eigenvalue weighted by atomic mass is 16.1. The first-order valence-electron chi connectivity index (χ1n) is 6.23. The average Bonchev–Trinajstić information content (AvgIpc) is 2.41. The molecular weight excluding hydrogens is 238 g/mol. The molecule has 0 atom stereocenters. The fourth-order valence-electron chi connectivity index (χ4n) is 2.02. The molecule has 0 spiro atoms. The Labute approximate surface area is 112 Å². The maximum absolute atomic E-state index is 11.4. The summed E-state index contributed by atoms with van der Waals surface area (Å²) in [5, 5.41) is 3.23. The van der Waals surface area contributed by atoms with E-state index in [1.165, 1.54) is 5.56 Å². The summed E-state index contributed by atoms with van der Waals surface area (Å²) in [6.07, 6.45) is 2.54. The van der Waals surface area contributed by atoms with Crippen LogP contribution in [0.5, 0.6) is 0 Å². The van der Waals surface area contributed by atoms with Crippen LogP contribution in [0.1, 0.15) is 28.4 Å². The molecule has 4 heteroatoms. The van der Waals surface area contributed by atoms with Gasteiger partial charge in [0.15, 0.2) is 0 Å². The van der Waals surface area contributed by atoms with Crippen molar-refractivity contribution in [2.24, 2.45) is 5.73 Å². The lowest BCUT2D eigenvalue weighted by Gasteiger charge is -2.14. The highest BCUT2D eigenvalue weighted by molar-refractivity contribution is 5.98. The topological polar surface area (TPSA) is 68.0 Å². The molecule has 1 heterocycles. The van der Waals surface area contributed by atoms with Crippen LogP contribution in [0.15, 0.2) is 36.5 Å². The summed E-state index contributed by atoms with van der Waals surface area (Å²) < 4.78 is 0. The van der Waals surface area contributed by atoms with Crippen LogP contribution in [-0.4, -0.2) is 10.9 Å². The van der Waals surface area contributed by atoms with Gasteiger partial charge in [-0.3, -0.25) is 4.79 Å². The Kier molecular flexibility index (Phi) is 3.80. The smallest absolute Gasteiger partial charge is 0.252 e. The maximum Gasteiger partial charge on any atom is 0.252 e. The number of carbonyl (C=O) groups excluding carboxylic acids is 1. The van der Waals surface area contributed by atoms with Crippen LogP contribution in [0.2, 0.25) is 0 Å². The number of nitrogens with zero attached hydrogens (tertiary/aromatic N) is 1. The number of pyridine rings is 1. The van der Waals surface area contributed by atoms with Gasteiger partial charge in [-0.2, -0.15) is 0 Å². The van der Waals surface area contributed by atoms with E-state index in [1.54, 1.807) is 18.3 Å². The van der Waals surface area contributed by atoms with Gasteiger partial charge in [0, 0.05) is 11.9 Å². The molecule has 19 heavy (non-hydrogen) atoms. The van der Waals surface area contributed by atoms with Crippen LogP contribution in [0.4, 0.5) is 11.5 Å². The molecule has 0 saturated heterocycles. The standard InChI is InChI=1S/C15H17N3O/c1-3-11-7-4-6-10(2)13(11)18-15-12(14(16)19)8-5-9-17-15/h4-9H,3H2,1-2H3,(H2,16,19)(H,17,18). The van der Waals surface area contributed by atoms with E-state index >= 15 is 0 Å². The van der Waals surface area contributed by atoms with Gasteiger partial charge in [0.2, 0.25) is 0 Å². The van der Waals surface area contributed by atoms with Crippen LogP contribution in [0, 0.1) is 6.92 Å². The predicted octanol–water partition coefficient (Wildman–Crippen LogP) is 2.79. The minimum absolute atomic E-state index is 0.396. The molecule has 2 aromatic rings. The monoisotopic (exact) mass is 255 g/mol. The van der Waals surface area contributed by atoms with Crippen molar-refractivity contribution in [3.63, 3.8) is 0 Å². The van der Waals surface area contributed by atoms with Crippen molar-refractivity contribution in [1.82, 2.24) is 4.98 Å². The first-order chi connectivity index (χ1) is 9.13. The van der Waals surface area contributed by atoms with Gasteiger partial charge < -0.3 is 11.1 Å². The Morgan fingerprint density at radius 2 is 2.11 bits per heavy atom. The zero-order chi connectivity index (χ0) is 13.8. The first-order valence-corrected chi connectivity index (χ1v) is 6.23. The second kappa shape index (κ2) is 5.52. The van der Waals surface area contributed by atoms with E-state index in [9.17, 15) is 4.79 Å². The molecule has 0 aliphatic carbocycles. The number of hydrogen-bond donors (Lipinski definition) is 2. The number of aromatic nitrogens is 1. The number of aryl methyl sites for hydroxylation is 2. The van der Waals surface area contributed by atoms with E-state index in [0.29, 0.717) is 11.4 Å². The van der Waals surface area contributed by atoms with Gasteiger partial charge in [-0.05, 0) is 36.6 Å². The third-order valence-corrected chi connectivity index (χ3v) is 3.06. The van der Waals surface area contributed by atoms with E-state index in [0.717, 1.165) is 17.7 Å². The zero-order valence-corrected chi connectivity index (χ0v) is 11.1. The van der Waals surface area contributed by atoms with E-state index in [1.807, 2.05) is 19.1 Å². The molecule has 3 N–H and O–H groups in total. The van der Waals surface area contributed by atoms with Crippen molar-refractivity contribution in [1.29, 1.82) is 0 Å². The molecule has 4 nitrogen and oxygen atoms in total. The van der Waals surface area contributed by atoms with Crippen LogP contribution < -0.4 is 11.1 Å². The molecule has 1 aromatic carbocycles. The number of primary amides is 1. The predicted molar refractivity (Wildman–Crippen MR) is 76.6 cm³/mol. The van der Waals surface area contributed by atoms with Gasteiger partial charge in [-0.1, -0.05) is 25.1 Å². The Morgan fingerprint density at radius 1 is 1.32 bits per heavy atom. The molecule has 1 amide bonds. The van der Waals surface area contributed by atoms with Gasteiger partial charge in [-0.15, -0.1) is 0 Å². The largest absolute Gasteiger partial charge is 0.365 e. The Balaban J connectivity index is 2.45. The number of anilines is 2. The number of rotatable bonds is 4. The molecule has 98 valence electrons. The fourth-order valence-corrected chi connectivity index (χ4v) is 2.02. The highest BCUT2D eigenvalue weighted by Gasteiger charge is 2.11. The van der Waals surface area contributed by atoms with Crippen molar-refractivity contribution in [3.05, 3.63) is 53.2 Å². The second-order valence-corrected chi connectivity index (χ2v) is 4.35. The number of nitrogens with two attached hydrogens (primary N) is 1. The molecular formula is C15H17N3O. The molecule has 1 aromatic heterocycles. The number of nitrogens with one attached hydrogen (secondary N) is 1. The van der Waals surface area contributed by atoms with E-state index in [-0.39, 0.29) is 0 Å². The SMILES string of the molecule is CCc1cccc(C)c1Nc1ncccc1C(N)=O. The molecule has 2 rings (SSSR count). The quantitative estimate of drug-likeness (QED) is 0.882. The average molecular weight is 255 g/mol. The highest BCUT2D eigenvalue weighted by Crippen LogP contribution is 2.25. The lowest BCUT2D eigenvalue weighted by atomic mass is 10.1. The fraction of sp³-hybridized carbons (Fsp3) is 0.200. The zero-order valence-electron chi connectivity index (χ0n) is 11.1. The minimum Gasteiger partial charge on any atom is -0.365 e. The summed E-state index contributed by atoms with van der Waals surface area (Å²) in [5.41, 5.74) is 9.04. The van der Waals surface area contributed by atoms with Crippen LogP contribution in [0.25, 0.3) is 0 Å². The Bertz CT molecular complexity index is 608. The molecule has 0 unspecified atom stereocenters. The summed E-state index contributed by atoms with van der Waals surface area (Å²) in [5.74, 6) is 0.0150. The molecule has 0 radical (unpaired) electrons. The Hall–Kier alpha value is -2.36. The number of hydrogen-bond acceptors (Lipinski definition) is 3. The first kappa shape index (κ1) is 13.1. The van der Waals surface area contributed by atoms with Gasteiger partial charge in [0.1, 0.15) is 5.82 Å². The van der Waals surface area contributed by atoms with Gasteiger partial charge in [0.05, 0.1) is 5.56 Å². The van der Waals surface area contributed by atoms with Crippen LogP contribution in [-0.2, 0) is 6.42 Å². The van der Waals surface area contributed by atoms with Crippen LogP contribution in [0.3, 0.4) is 0 Å². The van der Waals surface area contributed by atoms with Crippen molar-refractivity contribution < 1.29 is 4.79 Å². The summed E-state index contributed by atoms with van der Waals surface area (Å²) in [7, 11) is 0. The van der Waals surface area contributed by atoms with Gasteiger partial charge in [-0.25, -0.2) is 4.98 Å². The van der Waals surface area contributed by atoms with E-state index in [4.69, 9.17) is 5.73 Å². The third-order valence-electron chi connectivity index (χ3n) is 3.06. The number of benzene rings is 1. The van der Waals surface area contributed by atoms with Gasteiger partial charge in [0.25, 0.3) is 5.91 Å². The molecule has 0 aliphatic heterocycles. The normalized spacial score (nSPS) is 10.2. The lowest BCUT2D eigenvalue weighted by molar-refractivity contribution is 0.100. The van der Waals surface area contributed by atoms with Crippen molar-refractivity contribution in [3.8, 4) is 0 Å². The molecule has 0 fully saturated rings. The van der Waals surface area contributed by atoms with Crippen molar-refractivity contribution in [2.75, 3.05) is 5.32 Å². The number of carbonyl (C=O) groups is 1. The summed E-state index contributed by atoms with van der Waals surface area (Å²) in [6.45, 7) is 4.11.